The van der Waals surface area contributed by atoms with Crippen LogP contribution in [0.15, 0.2) is 18.2 Å². The van der Waals surface area contributed by atoms with Gasteiger partial charge in [-0.3, -0.25) is 0 Å². The van der Waals surface area contributed by atoms with Crippen LogP contribution in [-0.4, -0.2) is 39.0 Å². The molecule has 0 saturated heterocycles. The zero-order valence-corrected chi connectivity index (χ0v) is 13.4. The van der Waals surface area contributed by atoms with Crippen LogP contribution in [0.5, 0.6) is 11.5 Å². The molecule has 0 fully saturated rings. The van der Waals surface area contributed by atoms with Crippen molar-refractivity contribution in [1.29, 1.82) is 0 Å². The summed E-state index contributed by atoms with van der Waals surface area (Å²) in [5.41, 5.74) is 1.13. The van der Waals surface area contributed by atoms with Crippen LogP contribution < -0.4 is 14.8 Å². The molecule has 1 aliphatic heterocycles. The number of rotatable bonds is 9. The van der Waals surface area contributed by atoms with Gasteiger partial charge in [0.2, 0.25) is 0 Å². The summed E-state index contributed by atoms with van der Waals surface area (Å²) in [6.07, 6.45) is 3.08. The highest BCUT2D eigenvalue weighted by Gasteiger charge is 2.32. The Bertz CT molecular complexity index is 446. The molecule has 0 unspecified atom stereocenters. The average molecular weight is 293 g/mol. The van der Waals surface area contributed by atoms with Gasteiger partial charge in [0.1, 0.15) is 5.60 Å². The minimum atomic E-state index is -0.118. The molecule has 0 saturated carbocycles. The van der Waals surface area contributed by atoms with Gasteiger partial charge in [-0.1, -0.05) is 12.1 Å². The van der Waals surface area contributed by atoms with Crippen LogP contribution in [0.3, 0.4) is 0 Å². The van der Waals surface area contributed by atoms with E-state index in [4.69, 9.17) is 14.2 Å². The summed E-state index contributed by atoms with van der Waals surface area (Å²) < 4.78 is 16.9. The van der Waals surface area contributed by atoms with Crippen LogP contribution in [0.25, 0.3) is 0 Å². The van der Waals surface area contributed by atoms with Gasteiger partial charge in [-0.25, -0.2) is 0 Å². The van der Waals surface area contributed by atoms with Gasteiger partial charge in [0.15, 0.2) is 11.5 Å². The first-order valence-corrected chi connectivity index (χ1v) is 7.76. The molecule has 4 nitrogen and oxygen atoms in total. The third kappa shape index (κ3) is 4.90. The van der Waals surface area contributed by atoms with Gasteiger partial charge in [0.25, 0.3) is 0 Å². The molecule has 118 valence electrons. The Kier molecular flexibility index (Phi) is 5.88. The van der Waals surface area contributed by atoms with Crippen molar-refractivity contribution in [2.75, 3.05) is 33.4 Å². The number of methoxy groups -OCH3 is 1. The van der Waals surface area contributed by atoms with E-state index >= 15 is 0 Å². The summed E-state index contributed by atoms with van der Waals surface area (Å²) >= 11 is 0. The number of para-hydroxylation sites is 1. The molecule has 21 heavy (non-hydrogen) atoms. The van der Waals surface area contributed by atoms with E-state index in [9.17, 15) is 0 Å². The molecule has 0 amide bonds. The number of unbranched alkanes of at least 4 members (excludes halogenated alkanes) is 1. The molecule has 0 aromatic heterocycles. The Morgan fingerprint density at radius 3 is 2.86 bits per heavy atom. The van der Waals surface area contributed by atoms with Crippen molar-refractivity contribution >= 4 is 0 Å². The van der Waals surface area contributed by atoms with E-state index in [0.717, 1.165) is 57.1 Å². The maximum Gasteiger partial charge on any atom is 0.165 e. The van der Waals surface area contributed by atoms with E-state index in [1.807, 2.05) is 12.1 Å². The van der Waals surface area contributed by atoms with Gasteiger partial charge < -0.3 is 19.5 Å². The molecule has 1 aromatic rings. The summed E-state index contributed by atoms with van der Waals surface area (Å²) in [6.45, 7) is 7.63. The van der Waals surface area contributed by atoms with Crippen LogP contribution in [-0.2, 0) is 11.2 Å². The van der Waals surface area contributed by atoms with Crippen molar-refractivity contribution in [3.8, 4) is 11.5 Å². The predicted octanol–water partition coefficient (Wildman–Crippen LogP) is 2.80. The average Bonchev–Trinajstić information content (AvgIpc) is 2.76. The maximum absolute atomic E-state index is 6.00. The second-order valence-electron chi connectivity index (χ2n) is 6.08. The second kappa shape index (κ2) is 7.66. The first kappa shape index (κ1) is 16.1. The summed E-state index contributed by atoms with van der Waals surface area (Å²) in [7, 11) is 1.72. The number of hydrogen-bond donors (Lipinski definition) is 1. The van der Waals surface area contributed by atoms with Crippen LogP contribution in [0, 0.1) is 0 Å². The second-order valence-corrected chi connectivity index (χ2v) is 6.08. The molecule has 4 heteroatoms. The molecule has 0 radical (unpaired) electrons. The molecule has 1 aromatic carbocycles. The summed E-state index contributed by atoms with van der Waals surface area (Å²) in [5, 5.41) is 3.33. The van der Waals surface area contributed by atoms with Crippen LogP contribution in [0.2, 0.25) is 0 Å². The lowest BCUT2D eigenvalue weighted by Gasteiger charge is -2.18. The standard InChI is InChI=1S/C17H27NO3/c1-17(2)13-14-7-6-8-15(16(14)21-17)20-11-5-4-9-18-10-12-19-3/h6-8,18H,4-5,9-13H2,1-3H3. The van der Waals surface area contributed by atoms with E-state index in [1.54, 1.807) is 7.11 Å². The van der Waals surface area contributed by atoms with Crippen molar-refractivity contribution in [2.24, 2.45) is 0 Å². The lowest BCUT2D eigenvalue weighted by Crippen LogP contribution is -2.24. The lowest BCUT2D eigenvalue weighted by atomic mass is 10.0. The van der Waals surface area contributed by atoms with Crippen molar-refractivity contribution in [2.45, 2.75) is 38.7 Å². The Morgan fingerprint density at radius 2 is 2.05 bits per heavy atom. The van der Waals surface area contributed by atoms with Crippen molar-refractivity contribution < 1.29 is 14.2 Å². The number of ether oxygens (including phenoxy) is 3. The first-order valence-electron chi connectivity index (χ1n) is 7.76. The van der Waals surface area contributed by atoms with Gasteiger partial charge in [-0.15, -0.1) is 0 Å². The molecule has 2 rings (SSSR count). The summed E-state index contributed by atoms with van der Waals surface area (Å²) in [5.74, 6) is 1.81. The fraction of sp³-hybridized carbons (Fsp3) is 0.647. The van der Waals surface area contributed by atoms with E-state index in [-0.39, 0.29) is 5.60 Å². The zero-order valence-electron chi connectivity index (χ0n) is 13.4. The van der Waals surface area contributed by atoms with Gasteiger partial charge in [-0.2, -0.15) is 0 Å². The number of hydrogen-bond acceptors (Lipinski definition) is 4. The van der Waals surface area contributed by atoms with Crippen molar-refractivity contribution in [1.82, 2.24) is 5.32 Å². The van der Waals surface area contributed by atoms with Gasteiger partial charge in [-0.05, 0) is 39.3 Å². The third-order valence-corrected chi connectivity index (χ3v) is 3.54. The van der Waals surface area contributed by atoms with Crippen molar-refractivity contribution in [3.63, 3.8) is 0 Å². The van der Waals surface area contributed by atoms with Gasteiger partial charge >= 0.3 is 0 Å². The Hall–Kier alpha value is -1.26. The zero-order chi connectivity index (χ0) is 15.1. The SMILES string of the molecule is COCCNCCCCOc1cccc2c1OC(C)(C)C2. The fourth-order valence-electron chi connectivity index (χ4n) is 2.53. The fourth-order valence-corrected chi connectivity index (χ4v) is 2.53. The quantitative estimate of drug-likeness (QED) is 0.711. The lowest BCUT2D eigenvalue weighted by molar-refractivity contribution is 0.132. The molecular formula is C17H27NO3. The maximum atomic E-state index is 6.00. The molecule has 1 N–H and O–H groups in total. The van der Waals surface area contributed by atoms with E-state index in [0.29, 0.717) is 0 Å². The minimum absolute atomic E-state index is 0.118. The first-order chi connectivity index (χ1) is 10.1. The highest BCUT2D eigenvalue weighted by Crippen LogP contribution is 2.41. The number of nitrogens with one attached hydrogen (secondary N) is 1. The molecule has 0 bridgehead atoms. The smallest absolute Gasteiger partial charge is 0.165 e. The highest BCUT2D eigenvalue weighted by atomic mass is 16.5. The van der Waals surface area contributed by atoms with Crippen LogP contribution >= 0.6 is 0 Å². The normalized spacial score (nSPS) is 15.6. The molecule has 0 spiro atoms. The Morgan fingerprint density at radius 1 is 1.19 bits per heavy atom. The van der Waals surface area contributed by atoms with Gasteiger partial charge in [0, 0.05) is 25.6 Å². The third-order valence-electron chi connectivity index (χ3n) is 3.54. The largest absolute Gasteiger partial charge is 0.490 e. The van der Waals surface area contributed by atoms with E-state index < -0.39 is 0 Å². The molecule has 1 aliphatic rings. The monoisotopic (exact) mass is 293 g/mol. The highest BCUT2D eigenvalue weighted by molar-refractivity contribution is 5.50. The number of fused-ring (bicyclic) bond motifs is 1. The molecular weight excluding hydrogens is 266 g/mol. The molecule has 0 atom stereocenters. The topological polar surface area (TPSA) is 39.7 Å². The number of benzene rings is 1. The van der Waals surface area contributed by atoms with Crippen LogP contribution in [0.4, 0.5) is 0 Å². The summed E-state index contributed by atoms with van der Waals surface area (Å²) in [4.78, 5) is 0. The molecule has 1 heterocycles. The Balaban J connectivity index is 1.70. The van der Waals surface area contributed by atoms with Crippen LogP contribution in [0.1, 0.15) is 32.3 Å². The van der Waals surface area contributed by atoms with Crippen molar-refractivity contribution in [3.05, 3.63) is 23.8 Å². The predicted molar refractivity (Wildman–Crippen MR) is 84.3 cm³/mol. The molecule has 0 aliphatic carbocycles. The van der Waals surface area contributed by atoms with E-state index in [1.165, 1.54) is 5.56 Å². The Labute approximate surface area is 127 Å². The van der Waals surface area contributed by atoms with Gasteiger partial charge in [0.05, 0.1) is 13.2 Å². The van der Waals surface area contributed by atoms with E-state index in [2.05, 4.69) is 25.2 Å². The summed E-state index contributed by atoms with van der Waals surface area (Å²) in [6, 6.07) is 6.17. The minimum Gasteiger partial charge on any atom is -0.490 e.